The number of ether oxygens (including phenoxy) is 2. The first-order valence-corrected chi connectivity index (χ1v) is 6.15. The van der Waals surface area contributed by atoms with Gasteiger partial charge in [-0.25, -0.2) is 4.98 Å². The van der Waals surface area contributed by atoms with Crippen LogP contribution < -0.4 is 10.5 Å². The Morgan fingerprint density at radius 1 is 1.53 bits per heavy atom. The zero-order valence-corrected chi connectivity index (χ0v) is 10.2. The predicted octanol–water partition coefficient (Wildman–Crippen LogP) is 1.57. The van der Waals surface area contributed by atoms with Gasteiger partial charge in [0.1, 0.15) is 18.2 Å². The number of aromatic nitrogens is 2. The van der Waals surface area contributed by atoms with Crippen molar-refractivity contribution >= 4 is 5.82 Å². The number of anilines is 1. The maximum absolute atomic E-state index is 5.71. The summed E-state index contributed by atoms with van der Waals surface area (Å²) in [5.41, 5.74) is 5.71. The maximum Gasteiger partial charge on any atom is 0.218 e. The van der Waals surface area contributed by atoms with Crippen molar-refractivity contribution in [2.24, 2.45) is 0 Å². The van der Waals surface area contributed by atoms with Crippen LogP contribution in [0.5, 0.6) is 5.88 Å². The summed E-state index contributed by atoms with van der Waals surface area (Å²) in [6, 6.07) is 1.66. The number of rotatable bonds is 5. The number of hydrogen-bond donors (Lipinski definition) is 1. The van der Waals surface area contributed by atoms with E-state index in [0.29, 0.717) is 18.3 Å². The molecule has 0 spiro atoms. The maximum atomic E-state index is 5.71. The van der Waals surface area contributed by atoms with Crippen LogP contribution in [-0.2, 0) is 11.2 Å². The van der Waals surface area contributed by atoms with Crippen LogP contribution in [0.15, 0.2) is 6.07 Å². The van der Waals surface area contributed by atoms with E-state index in [1.54, 1.807) is 6.07 Å². The molecule has 0 aromatic carbocycles. The van der Waals surface area contributed by atoms with Crippen LogP contribution >= 0.6 is 0 Å². The fraction of sp³-hybridized carbons (Fsp3) is 0.667. The highest BCUT2D eigenvalue weighted by Gasteiger charge is 2.16. The summed E-state index contributed by atoms with van der Waals surface area (Å²) >= 11 is 0. The fourth-order valence-corrected chi connectivity index (χ4v) is 1.86. The number of nitrogens with two attached hydrogens (primary N) is 1. The number of hydrogen-bond acceptors (Lipinski definition) is 5. The van der Waals surface area contributed by atoms with Crippen molar-refractivity contribution in [2.45, 2.75) is 38.7 Å². The smallest absolute Gasteiger partial charge is 0.218 e. The van der Waals surface area contributed by atoms with Crippen molar-refractivity contribution in [3.05, 3.63) is 11.9 Å². The molecule has 0 aliphatic carbocycles. The predicted molar refractivity (Wildman–Crippen MR) is 64.9 cm³/mol. The monoisotopic (exact) mass is 237 g/mol. The lowest BCUT2D eigenvalue weighted by Crippen LogP contribution is -2.17. The molecule has 1 atom stereocenters. The lowest BCUT2D eigenvalue weighted by molar-refractivity contribution is 0.0662. The molecule has 1 aromatic rings. The summed E-state index contributed by atoms with van der Waals surface area (Å²) in [5, 5.41) is 0. The largest absolute Gasteiger partial charge is 0.475 e. The molecule has 2 rings (SSSR count). The molecule has 2 N–H and O–H groups in total. The molecule has 0 bridgehead atoms. The van der Waals surface area contributed by atoms with Gasteiger partial charge in [0.2, 0.25) is 5.88 Å². The molecule has 0 amide bonds. The van der Waals surface area contributed by atoms with Crippen LogP contribution in [0, 0.1) is 0 Å². The Bertz CT molecular complexity index is 365. The van der Waals surface area contributed by atoms with Gasteiger partial charge in [0.05, 0.1) is 6.10 Å². The molecule has 17 heavy (non-hydrogen) atoms. The molecule has 1 saturated heterocycles. The Morgan fingerprint density at radius 3 is 3.12 bits per heavy atom. The zero-order chi connectivity index (χ0) is 12.1. The number of nitrogen functional groups attached to an aromatic ring is 1. The molecule has 0 saturated carbocycles. The number of aryl methyl sites for hydroxylation is 1. The summed E-state index contributed by atoms with van der Waals surface area (Å²) in [7, 11) is 0. The molecular formula is C12H19N3O2. The SMILES string of the molecule is CCCc1nc(N)cc(OCC2CCCO2)n1. The van der Waals surface area contributed by atoms with Gasteiger partial charge in [-0.2, -0.15) is 4.98 Å². The van der Waals surface area contributed by atoms with E-state index in [1.807, 2.05) is 0 Å². The third-order valence-corrected chi connectivity index (χ3v) is 2.68. The standard InChI is InChI=1S/C12H19N3O2/c1-2-4-11-14-10(13)7-12(15-11)17-8-9-5-3-6-16-9/h7,9H,2-6,8H2,1H3,(H2,13,14,15). The first kappa shape index (κ1) is 12.1. The molecule has 1 unspecified atom stereocenters. The van der Waals surface area contributed by atoms with Gasteiger partial charge in [0, 0.05) is 19.1 Å². The van der Waals surface area contributed by atoms with Crippen molar-refractivity contribution in [2.75, 3.05) is 18.9 Å². The summed E-state index contributed by atoms with van der Waals surface area (Å²) in [6.45, 7) is 3.46. The van der Waals surface area contributed by atoms with Gasteiger partial charge in [-0.05, 0) is 19.3 Å². The van der Waals surface area contributed by atoms with Crippen LogP contribution in [-0.4, -0.2) is 29.3 Å². The van der Waals surface area contributed by atoms with Crippen molar-refractivity contribution in [1.29, 1.82) is 0 Å². The molecule has 1 aromatic heterocycles. The van der Waals surface area contributed by atoms with Crippen molar-refractivity contribution in [3.63, 3.8) is 0 Å². The van der Waals surface area contributed by atoms with Crippen molar-refractivity contribution in [3.8, 4) is 5.88 Å². The minimum absolute atomic E-state index is 0.195. The summed E-state index contributed by atoms with van der Waals surface area (Å²) in [6.07, 6.45) is 4.18. The van der Waals surface area contributed by atoms with Gasteiger partial charge in [-0.15, -0.1) is 0 Å². The molecular weight excluding hydrogens is 218 g/mol. The Kier molecular flexibility index (Phi) is 4.14. The average molecular weight is 237 g/mol. The van der Waals surface area contributed by atoms with E-state index in [1.165, 1.54) is 0 Å². The highest BCUT2D eigenvalue weighted by atomic mass is 16.5. The van der Waals surface area contributed by atoms with E-state index in [9.17, 15) is 0 Å². The summed E-state index contributed by atoms with van der Waals surface area (Å²) < 4.78 is 11.1. The molecule has 94 valence electrons. The molecule has 5 nitrogen and oxygen atoms in total. The highest BCUT2D eigenvalue weighted by Crippen LogP contribution is 2.16. The topological polar surface area (TPSA) is 70.3 Å². The van der Waals surface area contributed by atoms with E-state index >= 15 is 0 Å². The second-order valence-corrected chi connectivity index (χ2v) is 4.24. The van der Waals surface area contributed by atoms with Crippen molar-refractivity contribution in [1.82, 2.24) is 9.97 Å². The van der Waals surface area contributed by atoms with Gasteiger partial charge < -0.3 is 15.2 Å². The van der Waals surface area contributed by atoms with Gasteiger partial charge in [0.15, 0.2) is 0 Å². The highest BCUT2D eigenvalue weighted by molar-refractivity contribution is 5.32. The fourth-order valence-electron chi connectivity index (χ4n) is 1.86. The Balaban J connectivity index is 1.94. The molecule has 0 radical (unpaired) electrons. The van der Waals surface area contributed by atoms with Gasteiger partial charge >= 0.3 is 0 Å². The van der Waals surface area contributed by atoms with Gasteiger partial charge in [-0.1, -0.05) is 6.92 Å². The number of nitrogens with zero attached hydrogens (tertiary/aromatic N) is 2. The van der Waals surface area contributed by atoms with E-state index < -0.39 is 0 Å². The Hall–Kier alpha value is -1.36. The molecule has 1 aliphatic heterocycles. The van der Waals surface area contributed by atoms with E-state index in [2.05, 4.69) is 16.9 Å². The third kappa shape index (κ3) is 3.56. The van der Waals surface area contributed by atoms with Crippen molar-refractivity contribution < 1.29 is 9.47 Å². The summed E-state index contributed by atoms with van der Waals surface area (Å²) in [5.74, 6) is 1.76. The molecule has 5 heteroatoms. The second-order valence-electron chi connectivity index (χ2n) is 4.24. The molecule has 1 fully saturated rings. The van der Waals surface area contributed by atoms with Crippen LogP contribution in [0.2, 0.25) is 0 Å². The first-order chi connectivity index (χ1) is 8.28. The lowest BCUT2D eigenvalue weighted by atomic mass is 10.2. The minimum atomic E-state index is 0.195. The van der Waals surface area contributed by atoms with Gasteiger partial charge in [-0.3, -0.25) is 0 Å². The van der Waals surface area contributed by atoms with Crippen LogP contribution in [0.25, 0.3) is 0 Å². The zero-order valence-electron chi connectivity index (χ0n) is 10.2. The first-order valence-electron chi connectivity index (χ1n) is 6.15. The molecule has 1 aliphatic rings. The molecule has 2 heterocycles. The third-order valence-electron chi connectivity index (χ3n) is 2.68. The van der Waals surface area contributed by atoms with E-state index in [4.69, 9.17) is 15.2 Å². The Labute approximate surface area is 101 Å². The second kappa shape index (κ2) is 5.82. The Morgan fingerprint density at radius 2 is 2.41 bits per heavy atom. The van der Waals surface area contributed by atoms with E-state index in [0.717, 1.165) is 38.1 Å². The van der Waals surface area contributed by atoms with Crippen LogP contribution in [0.4, 0.5) is 5.82 Å². The quantitative estimate of drug-likeness (QED) is 0.841. The average Bonchev–Trinajstić information content (AvgIpc) is 2.79. The van der Waals surface area contributed by atoms with Crippen LogP contribution in [0.1, 0.15) is 32.0 Å². The lowest BCUT2D eigenvalue weighted by Gasteiger charge is -2.11. The van der Waals surface area contributed by atoms with E-state index in [-0.39, 0.29) is 6.10 Å². The van der Waals surface area contributed by atoms with Crippen LogP contribution in [0.3, 0.4) is 0 Å². The summed E-state index contributed by atoms with van der Waals surface area (Å²) in [4.78, 5) is 8.47. The van der Waals surface area contributed by atoms with Gasteiger partial charge in [0.25, 0.3) is 0 Å². The normalized spacial score (nSPS) is 19.5. The minimum Gasteiger partial charge on any atom is -0.475 e.